The molecule has 3 N–H and O–H groups in total. The van der Waals surface area contributed by atoms with Gasteiger partial charge in [0.25, 0.3) is 0 Å². The molecule has 0 atom stereocenters. The van der Waals surface area contributed by atoms with Crippen LogP contribution in [-0.2, 0) is 4.79 Å². The number of hydrogen-bond donors (Lipinski definition) is 3. The topological polar surface area (TPSA) is 92.1 Å². The molecule has 26 heavy (non-hydrogen) atoms. The number of phenolic OH excluding ortho intramolecular Hbond substituents is 1. The van der Waals surface area contributed by atoms with Gasteiger partial charge in [0.2, 0.25) is 5.91 Å². The standard InChI is InChI=1S/C18H23N5O2S/c1-11-8-12(2)16(14(25)9-11)23-10-15-17(22-23)21-18(26-15)20-7-5-4-6-19-13(3)24/h8-10,25H,4-7H2,1-3H3,(H,19,24)(H,20,21,22). The first-order valence-electron chi connectivity index (χ1n) is 8.59. The van der Waals surface area contributed by atoms with E-state index in [4.69, 9.17) is 0 Å². The monoisotopic (exact) mass is 373 g/mol. The number of aromatic nitrogens is 3. The predicted octanol–water partition coefficient (Wildman–Crippen LogP) is 3.13. The lowest BCUT2D eigenvalue weighted by Crippen LogP contribution is -2.21. The second-order valence-electron chi connectivity index (χ2n) is 6.35. The van der Waals surface area contributed by atoms with Crippen LogP contribution in [0, 0.1) is 13.8 Å². The maximum atomic E-state index is 10.8. The third-order valence-electron chi connectivity index (χ3n) is 3.98. The molecule has 1 amide bonds. The Kier molecular flexibility index (Phi) is 5.41. The summed E-state index contributed by atoms with van der Waals surface area (Å²) in [5, 5.41) is 21.7. The first-order valence-corrected chi connectivity index (χ1v) is 9.41. The maximum absolute atomic E-state index is 10.8. The Bertz CT molecular complexity index is 876. The number of hydrogen-bond acceptors (Lipinski definition) is 6. The van der Waals surface area contributed by atoms with Crippen LogP contribution in [0.1, 0.15) is 30.9 Å². The molecule has 0 bridgehead atoms. The summed E-state index contributed by atoms with van der Waals surface area (Å²) in [7, 11) is 0. The van der Waals surface area contributed by atoms with Crippen molar-refractivity contribution in [1.82, 2.24) is 20.1 Å². The van der Waals surface area contributed by atoms with Crippen LogP contribution >= 0.6 is 11.3 Å². The van der Waals surface area contributed by atoms with Gasteiger partial charge in [-0.25, -0.2) is 4.68 Å². The van der Waals surface area contributed by atoms with Crippen LogP contribution in [0.4, 0.5) is 5.13 Å². The summed E-state index contributed by atoms with van der Waals surface area (Å²) >= 11 is 1.54. The number of unbranched alkanes of at least 4 members (excludes halogenated alkanes) is 1. The first kappa shape index (κ1) is 18.2. The molecule has 0 radical (unpaired) electrons. The molecule has 0 fully saturated rings. The van der Waals surface area contributed by atoms with Crippen molar-refractivity contribution in [2.24, 2.45) is 0 Å². The lowest BCUT2D eigenvalue weighted by Gasteiger charge is -2.09. The van der Waals surface area contributed by atoms with Crippen molar-refractivity contribution in [3.8, 4) is 11.4 Å². The third-order valence-corrected chi connectivity index (χ3v) is 4.92. The Morgan fingerprint density at radius 2 is 2.04 bits per heavy atom. The van der Waals surface area contributed by atoms with Gasteiger partial charge in [0.1, 0.15) is 11.4 Å². The molecule has 0 saturated carbocycles. The molecule has 0 unspecified atom stereocenters. The molecule has 0 aliphatic heterocycles. The number of amides is 1. The van der Waals surface area contributed by atoms with Gasteiger partial charge in [-0.2, -0.15) is 4.98 Å². The van der Waals surface area contributed by atoms with Gasteiger partial charge >= 0.3 is 0 Å². The average Bonchev–Trinajstić information content (AvgIpc) is 3.07. The smallest absolute Gasteiger partial charge is 0.216 e. The summed E-state index contributed by atoms with van der Waals surface area (Å²) in [6.45, 7) is 6.93. The number of aryl methyl sites for hydroxylation is 2. The van der Waals surface area contributed by atoms with Gasteiger partial charge in [0, 0.05) is 20.0 Å². The van der Waals surface area contributed by atoms with Gasteiger partial charge in [0.05, 0.1) is 10.9 Å². The number of rotatable bonds is 7. The number of anilines is 1. The first-order chi connectivity index (χ1) is 12.4. The number of aromatic hydroxyl groups is 1. The highest BCUT2D eigenvalue weighted by atomic mass is 32.1. The summed E-state index contributed by atoms with van der Waals surface area (Å²) in [6.07, 6.45) is 3.77. The SMILES string of the molecule is CC(=O)NCCCCNc1nc2nn(-c3c(C)cc(C)cc3O)cc2s1. The summed E-state index contributed by atoms with van der Waals surface area (Å²) in [5.74, 6) is 0.223. The predicted molar refractivity (Wildman–Crippen MR) is 104 cm³/mol. The highest BCUT2D eigenvalue weighted by Crippen LogP contribution is 2.30. The Morgan fingerprint density at radius 1 is 1.27 bits per heavy atom. The molecule has 3 aromatic rings. The normalized spacial score (nSPS) is 11.0. The van der Waals surface area contributed by atoms with Gasteiger partial charge in [0.15, 0.2) is 10.8 Å². The molecule has 7 nitrogen and oxygen atoms in total. The molecule has 8 heteroatoms. The van der Waals surface area contributed by atoms with E-state index in [1.54, 1.807) is 10.7 Å². The fourth-order valence-electron chi connectivity index (χ4n) is 2.86. The second-order valence-corrected chi connectivity index (χ2v) is 7.38. The van der Waals surface area contributed by atoms with Crippen molar-refractivity contribution < 1.29 is 9.90 Å². The molecule has 1 aromatic carbocycles. The van der Waals surface area contributed by atoms with Crippen molar-refractivity contribution in [1.29, 1.82) is 0 Å². The van der Waals surface area contributed by atoms with E-state index in [1.165, 1.54) is 18.3 Å². The zero-order valence-corrected chi connectivity index (χ0v) is 16.0. The van der Waals surface area contributed by atoms with Crippen LogP contribution in [0.3, 0.4) is 0 Å². The number of phenols is 1. The minimum Gasteiger partial charge on any atom is -0.506 e. The summed E-state index contributed by atoms with van der Waals surface area (Å²) in [6, 6.07) is 3.76. The molecule has 138 valence electrons. The molecule has 2 aromatic heterocycles. The Morgan fingerprint density at radius 3 is 2.73 bits per heavy atom. The van der Waals surface area contributed by atoms with Gasteiger partial charge < -0.3 is 15.7 Å². The molecule has 0 saturated heterocycles. The van der Waals surface area contributed by atoms with Crippen LogP contribution in [0.25, 0.3) is 16.0 Å². The average molecular weight is 373 g/mol. The summed E-state index contributed by atoms with van der Waals surface area (Å²) < 4.78 is 2.65. The molecule has 0 spiro atoms. The van der Waals surface area contributed by atoms with E-state index < -0.39 is 0 Å². The lowest BCUT2D eigenvalue weighted by molar-refractivity contribution is -0.118. The van der Waals surface area contributed by atoms with Gasteiger partial charge in [-0.05, 0) is 43.9 Å². The number of thiazole rings is 1. The molecule has 0 aliphatic rings. The minimum absolute atomic E-state index is 0.00543. The number of carbonyl (C=O) groups excluding carboxylic acids is 1. The van der Waals surface area contributed by atoms with E-state index >= 15 is 0 Å². The zero-order chi connectivity index (χ0) is 18.7. The number of fused-ring (bicyclic) bond motifs is 1. The Labute approximate surface area is 156 Å². The molecule has 0 aliphatic carbocycles. The molecular formula is C18H23N5O2S. The van der Waals surface area contributed by atoms with Crippen molar-refractivity contribution in [2.75, 3.05) is 18.4 Å². The van der Waals surface area contributed by atoms with Gasteiger partial charge in [-0.3, -0.25) is 4.79 Å². The van der Waals surface area contributed by atoms with E-state index in [1.807, 2.05) is 26.1 Å². The molecular weight excluding hydrogens is 350 g/mol. The summed E-state index contributed by atoms with van der Waals surface area (Å²) in [4.78, 5) is 15.3. The van der Waals surface area contributed by atoms with E-state index in [2.05, 4.69) is 20.7 Å². The fraction of sp³-hybridized carbons (Fsp3) is 0.389. The third kappa shape index (κ3) is 4.13. The number of nitrogens with zero attached hydrogens (tertiary/aromatic N) is 3. The Balaban J connectivity index is 1.64. The van der Waals surface area contributed by atoms with Gasteiger partial charge in [-0.1, -0.05) is 17.4 Å². The fourth-order valence-corrected chi connectivity index (χ4v) is 3.70. The Hall–Kier alpha value is -2.61. The van der Waals surface area contributed by atoms with Gasteiger partial charge in [-0.15, -0.1) is 5.10 Å². The minimum atomic E-state index is 0.00543. The van der Waals surface area contributed by atoms with Crippen LogP contribution < -0.4 is 10.6 Å². The molecule has 2 heterocycles. The second kappa shape index (κ2) is 7.74. The van der Waals surface area contributed by atoms with E-state index in [0.29, 0.717) is 17.9 Å². The van der Waals surface area contributed by atoms with E-state index in [-0.39, 0.29) is 11.7 Å². The maximum Gasteiger partial charge on any atom is 0.216 e. The largest absolute Gasteiger partial charge is 0.506 e. The van der Waals surface area contributed by atoms with Crippen LogP contribution in [0.5, 0.6) is 5.75 Å². The highest BCUT2D eigenvalue weighted by Gasteiger charge is 2.13. The number of carbonyl (C=O) groups is 1. The zero-order valence-electron chi connectivity index (χ0n) is 15.2. The van der Waals surface area contributed by atoms with Crippen molar-refractivity contribution in [2.45, 2.75) is 33.6 Å². The van der Waals surface area contributed by atoms with Crippen LogP contribution in [0.2, 0.25) is 0 Å². The lowest BCUT2D eigenvalue weighted by atomic mass is 10.1. The highest BCUT2D eigenvalue weighted by molar-refractivity contribution is 7.22. The van der Waals surface area contributed by atoms with E-state index in [9.17, 15) is 9.90 Å². The van der Waals surface area contributed by atoms with Crippen LogP contribution in [0.15, 0.2) is 18.3 Å². The van der Waals surface area contributed by atoms with Crippen molar-refractivity contribution in [3.63, 3.8) is 0 Å². The number of benzene rings is 1. The van der Waals surface area contributed by atoms with Crippen LogP contribution in [-0.4, -0.2) is 38.9 Å². The van der Waals surface area contributed by atoms with E-state index in [0.717, 1.165) is 40.3 Å². The number of nitrogens with one attached hydrogen (secondary N) is 2. The molecule has 3 rings (SSSR count). The van der Waals surface area contributed by atoms with Crippen molar-refractivity contribution in [3.05, 3.63) is 29.5 Å². The van der Waals surface area contributed by atoms with Crippen molar-refractivity contribution >= 4 is 32.7 Å². The quantitative estimate of drug-likeness (QED) is 0.554. The summed E-state index contributed by atoms with van der Waals surface area (Å²) in [5.41, 5.74) is 3.33.